The minimum atomic E-state index is -0.0859. The number of carbonyl (C=O) groups excluding carboxylic acids is 1. The van der Waals surface area contributed by atoms with Crippen molar-refractivity contribution in [3.05, 3.63) is 35.9 Å². The number of amides is 1. The van der Waals surface area contributed by atoms with Crippen molar-refractivity contribution in [2.45, 2.75) is 19.0 Å². The Balaban J connectivity index is 1.94. The van der Waals surface area contributed by atoms with Gasteiger partial charge in [-0.3, -0.25) is 15.1 Å². The average molecular weight is 205 g/mol. The molecule has 1 aromatic rings. The van der Waals surface area contributed by atoms with E-state index in [0.29, 0.717) is 0 Å². The molecular weight excluding hydrogens is 190 g/mol. The molecular formula is C11H15N3O. The number of nitrogens with zero attached hydrogens (tertiary/aromatic N) is 1. The van der Waals surface area contributed by atoms with Crippen LogP contribution >= 0.6 is 0 Å². The number of carbonyl (C=O) groups is 1. The molecule has 4 nitrogen and oxygen atoms in total. The molecule has 1 saturated heterocycles. The van der Waals surface area contributed by atoms with Crippen molar-refractivity contribution in [1.29, 1.82) is 0 Å². The molecule has 1 unspecified atom stereocenters. The van der Waals surface area contributed by atoms with Crippen molar-refractivity contribution in [3.63, 3.8) is 0 Å². The lowest BCUT2D eigenvalue weighted by molar-refractivity contribution is -0.131. The van der Waals surface area contributed by atoms with Crippen LogP contribution < -0.4 is 11.3 Å². The summed E-state index contributed by atoms with van der Waals surface area (Å²) in [4.78, 5) is 13.4. The van der Waals surface area contributed by atoms with Gasteiger partial charge in [-0.2, -0.15) is 0 Å². The summed E-state index contributed by atoms with van der Waals surface area (Å²) in [7, 11) is 0. The van der Waals surface area contributed by atoms with Gasteiger partial charge in [-0.25, -0.2) is 5.84 Å². The highest BCUT2D eigenvalue weighted by Gasteiger charge is 2.33. The first-order valence-corrected chi connectivity index (χ1v) is 5.09. The van der Waals surface area contributed by atoms with Crippen LogP contribution in [0.25, 0.3) is 0 Å². The summed E-state index contributed by atoms with van der Waals surface area (Å²) >= 11 is 0. The Bertz CT molecular complexity index is 339. The summed E-state index contributed by atoms with van der Waals surface area (Å²) in [6.07, 6.45) is 0.899. The minimum Gasteiger partial charge on any atom is -0.293 e. The Morgan fingerprint density at radius 1 is 1.47 bits per heavy atom. The van der Waals surface area contributed by atoms with Crippen molar-refractivity contribution in [2.24, 2.45) is 5.84 Å². The summed E-state index contributed by atoms with van der Waals surface area (Å²) in [6, 6.07) is 10.1. The van der Waals surface area contributed by atoms with E-state index in [-0.39, 0.29) is 11.9 Å². The van der Waals surface area contributed by atoms with Crippen LogP contribution in [0.3, 0.4) is 0 Å². The van der Waals surface area contributed by atoms with Crippen molar-refractivity contribution in [3.8, 4) is 0 Å². The zero-order chi connectivity index (χ0) is 10.7. The van der Waals surface area contributed by atoms with Gasteiger partial charge in [0.2, 0.25) is 0 Å². The van der Waals surface area contributed by atoms with Gasteiger partial charge >= 0.3 is 0 Å². The van der Waals surface area contributed by atoms with Crippen LogP contribution in [0, 0.1) is 0 Å². The van der Waals surface area contributed by atoms with E-state index in [2.05, 4.69) is 22.5 Å². The van der Waals surface area contributed by atoms with E-state index < -0.39 is 0 Å². The molecule has 0 aliphatic carbocycles. The third kappa shape index (κ3) is 2.16. The monoisotopic (exact) mass is 205 g/mol. The Kier molecular flexibility index (Phi) is 2.99. The third-order valence-corrected chi connectivity index (χ3v) is 2.80. The topological polar surface area (TPSA) is 58.4 Å². The van der Waals surface area contributed by atoms with E-state index in [4.69, 9.17) is 5.84 Å². The molecule has 1 amide bonds. The zero-order valence-corrected chi connectivity index (χ0v) is 8.52. The van der Waals surface area contributed by atoms with Gasteiger partial charge in [0.05, 0.1) is 6.04 Å². The number of hydrogen-bond donors (Lipinski definition) is 2. The first kappa shape index (κ1) is 10.1. The third-order valence-electron chi connectivity index (χ3n) is 2.80. The maximum Gasteiger partial charge on any atom is 0.251 e. The van der Waals surface area contributed by atoms with Gasteiger partial charge in [-0.15, -0.1) is 0 Å². The SMILES string of the molecule is NNC(=O)C1CCN1Cc1ccccc1. The predicted molar refractivity (Wildman–Crippen MR) is 57.6 cm³/mol. The van der Waals surface area contributed by atoms with Gasteiger partial charge in [0.1, 0.15) is 0 Å². The first-order chi connectivity index (χ1) is 7.31. The molecule has 80 valence electrons. The molecule has 1 fully saturated rings. The van der Waals surface area contributed by atoms with Gasteiger partial charge in [0, 0.05) is 13.1 Å². The van der Waals surface area contributed by atoms with Crippen LogP contribution in [-0.4, -0.2) is 23.4 Å². The second kappa shape index (κ2) is 4.42. The van der Waals surface area contributed by atoms with Gasteiger partial charge < -0.3 is 0 Å². The maximum atomic E-state index is 11.3. The number of likely N-dealkylation sites (tertiary alicyclic amines) is 1. The Morgan fingerprint density at radius 3 is 2.73 bits per heavy atom. The molecule has 0 radical (unpaired) electrons. The van der Waals surface area contributed by atoms with Crippen LogP contribution in [0.5, 0.6) is 0 Å². The van der Waals surface area contributed by atoms with Gasteiger partial charge in [-0.1, -0.05) is 30.3 Å². The molecule has 0 spiro atoms. The van der Waals surface area contributed by atoms with Crippen molar-refractivity contribution < 1.29 is 4.79 Å². The highest BCUT2D eigenvalue weighted by molar-refractivity contribution is 5.82. The van der Waals surface area contributed by atoms with Crippen molar-refractivity contribution in [1.82, 2.24) is 10.3 Å². The van der Waals surface area contributed by atoms with Gasteiger partial charge in [0.15, 0.2) is 0 Å². The molecule has 0 aromatic heterocycles. The lowest BCUT2D eigenvalue weighted by atomic mass is 10.0. The van der Waals surface area contributed by atoms with Crippen molar-refractivity contribution in [2.75, 3.05) is 6.54 Å². The summed E-state index contributed by atoms with van der Waals surface area (Å²) < 4.78 is 0. The standard InChI is InChI=1S/C11H15N3O/c12-13-11(15)10-6-7-14(10)8-9-4-2-1-3-5-9/h1-5,10H,6-8,12H2,(H,13,15). The number of benzene rings is 1. The molecule has 1 heterocycles. The number of hydrazine groups is 1. The average Bonchev–Trinajstić information content (AvgIpc) is 2.25. The highest BCUT2D eigenvalue weighted by atomic mass is 16.2. The number of hydrogen-bond acceptors (Lipinski definition) is 3. The van der Waals surface area contributed by atoms with E-state index in [1.54, 1.807) is 0 Å². The summed E-state index contributed by atoms with van der Waals surface area (Å²) in [5, 5.41) is 0. The minimum absolute atomic E-state index is 0.0461. The zero-order valence-electron chi connectivity index (χ0n) is 8.52. The summed E-state index contributed by atoms with van der Waals surface area (Å²) in [5.74, 6) is 5.03. The van der Waals surface area contributed by atoms with Crippen LogP contribution in [0.2, 0.25) is 0 Å². The summed E-state index contributed by atoms with van der Waals surface area (Å²) in [6.45, 7) is 1.78. The number of nitrogens with two attached hydrogens (primary N) is 1. The van der Waals surface area contributed by atoms with E-state index in [9.17, 15) is 4.79 Å². The second-order valence-corrected chi connectivity index (χ2v) is 3.77. The van der Waals surface area contributed by atoms with Crippen molar-refractivity contribution >= 4 is 5.91 Å². The molecule has 0 bridgehead atoms. The molecule has 1 atom stereocenters. The van der Waals surface area contributed by atoms with Gasteiger partial charge in [-0.05, 0) is 12.0 Å². The van der Waals surface area contributed by atoms with Crippen LogP contribution in [0.15, 0.2) is 30.3 Å². The number of nitrogens with one attached hydrogen (secondary N) is 1. The highest BCUT2D eigenvalue weighted by Crippen LogP contribution is 2.20. The second-order valence-electron chi connectivity index (χ2n) is 3.77. The Hall–Kier alpha value is -1.39. The quantitative estimate of drug-likeness (QED) is 0.422. The smallest absolute Gasteiger partial charge is 0.251 e. The fraction of sp³-hybridized carbons (Fsp3) is 0.364. The molecule has 15 heavy (non-hydrogen) atoms. The summed E-state index contributed by atoms with van der Waals surface area (Å²) in [5.41, 5.74) is 3.43. The normalized spacial score (nSPS) is 20.7. The number of rotatable bonds is 3. The molecule has 2 rings (SSSR count). The molecule has 1 aromatic carbocycles. The molecule has 4 heteroatoms. The molecule has 3 N–H and O–H groups in total. The molecule has 1 aliphatic heterocycles. The maximum absolute atomic E-state index is 11.3. The van der Waals surface area contributed by atoms with Gasteiger partial charge in [0.25, 0.3) is 5.91 Å². The lowest BCUT2D eigenvalue weighted by Crippen LogP contribution is -2.56. The first-order valence-electron chi connectivity index (χ1n) is 5.09. The predicted octanol–water partition coefficient (Wildman–Crippen LogP) is 0.251. The van der Waals surface area contributed by atoms with E-state index in [0.717, 1.165) is 19.5 Å². The van der Waals surface area contributed by atoms with E-state index in [1.165, 1.54) is 5.56 Å². The molecule has 1 aliphatic rings. The Morgan fingerprint density at radius 2 is 2.20 bits per heavy atom. The van der Waals surface area contributed by atoms with Crippen LogP contribution in [0.4, 0.5) is 0 Å². The van der Waals surface area contributed by atoms with E-state index >= 15 is 0 Å². The van der Waals surface area contributed by atoms with Crippen LogP contribution in [-0.2, 0) is 11.3 Å². The Labute approximate surface area is 89.0 Å². The van der Waals surface area contributed by atoms with E-state index in [1.807, 2.05) is 18.2 Å². The fourth-order valence-corrected chi connectivity index (χ4v) is 1.84. The van der Waals surface area contributed by atoms with Crippen LogP contribution in [0.1, 0.15) is 12.0 Å². The largest absolute Gasteiger partial charge is 0.293 e. The molecule has 0 saturated carbocycles. The fourth-order valence-electron chi connectivity index (χ4n) is 1.84. The lowest BCUT2D eigenvalue weighted by Gasteiger charge is -2.39.